The van der Waals surface area contributed by atoms with Crippen molar-refractivity contribution in [1.82, 2.24) is 14.9 Å². The van der Waals surface area contributed by atoms with Crippen LogP contribution in [0.3, 0.4) is 0 Å². The summed E-state index contributed by atoms with van der Waals surface area (Å²) in [4.78, 5) is 34.8. The van der Waals surface area contributed by atoms with Crippen LogP contribution in [-0.4, -0.2) is 52.3 Å². The molecule has 5 rings (SSSR count). The highest BCUT2D eigenvalue weighted by Gasteiger charge is 2.49. The van der Waals surface area contributed by atoms with Gasteiger partial charge in [0.2, 0.25) is 5.95 Å². The Bertz CT molecular complexity index is 1480. The number of aromatic nitrogens is 2. The number of imidazole rings is 1. The summed E-state index contributed by atoms with van der Waals surface area (Å²) in [6, 6.07) is 21.9. The standard InChI is InChI=1S/C29H30N4O5/c1-28(2,17-37-3)18-38-27(35)32-26-30-23-14-13-20(15-24(23)31-26)29(36)22-12-8-7-11-21(22)25(34)33(29)16-19-9-5-4-6-10-19/h4-15,36H,16-18H2,1-3H3,(H2,30,31,32,35). The van der Waals surface area contributed by atoms with Crippen molar-refractivity contribution in [3.63, 3.8) is 0 Å². The average molecular weight is 515 g/mol. The number of hydrogen-bond donors (Lipinski definition) is 3. The minimum absolute atomic E-state index is 0.175. The molecule has 0 saturated heterocycles. The molecule has 3 N–H and O–H groups in total. The van der Waals surface area contributed by atoms with Crippen molar-refractivity contribution >= 4 is 29.0 Å². The van der Waals surface area contributed by atoms with E-state index in [2.05, 4.69) is 15.3 Å². The topological polar surface area (TPSA) is 117 Å². The quantitative estimate of drug-likeness (QED) is 0.316. The maximum Gasteiger partial charge on any atom is 0.413 e. The van der Waals surface area contributed by atoms with Crippen molar-refractivity contribution in [3.05, 3.63) is 95.1 Å². The molecule has 1 atom stereocenters. The SMILES string of the molecule is COCC(C)(C)COC(=O)Nc1nc2cc(C3(O)c4ccccc4C(=O)N3Cc3ccccc3)ccc2[nH]1. The summed E-state index contributed by atoms with van der Waals surface area (Å²) in [5.41, 5.74) is 1.49. The van der Waals surface area contributed by atoms with E-state index in [-0.39, 0.29) is 30.4 Å². The molecule has 9 nitrogen and oxygen atoms in total. The van der Waals surface area contributed by atoms with Gasteiger partial charge in [0.15, 0.2) is 5.72 Å². The Morgan fingerprint density at radius 2 is 1.82 bits per heavy atom. The van der Waals surface area contributed by atoms with Crippen LogP contribution < -0.4 is 5.32 Å². The number of aliphatic hydroxyl groups is 1. The van der Waals surface area contributed by atoms with Crippen LogP contribution in [0, 0.1) is 5.41 Å². The van der Waals surface area contributed by atoms with E-state index in [9.17, 15) is 14.7 Å². The molecule has 38 heavy (non-hydrogen) atoms. The van der Waals surface area contributed by atoms with Gasteiger partial charge >= 0.3 is 6.09 Å². The molecule has 0 saturated carbocycles. The Kier molecular flexibility index (Phi) is 6.64. The number of H-pyrrole nitrogens is 1. The first kappa shape index (κ1) is 25.4. The number of nitrogens with zero attached hydrogens (tertiary/aromatic N) is 2. The number of carbonyl (C=O) groups excluding carboxylic acids is 2. The monoisotopic (exact) mass is 514 g/mol. The number of benzene rings is 3. The van der Waals surface area contributed by atoms with E-state index in [1.807, 2.05) is 44.2 Å². The van der Waals surface area contributed by atoms with Crippen molar-refractivity contribution in [1.29, 1.82) is 0 Å². The largest absolute Gasteiger partial charge is 0.449 e. The van der Waals surface area contributed by atoms with Crippen LogP contribution in [0.1, 0.15) is 40.9 Å². The van der Waals surface area contributed by atoms with Gasteiger partial charge in [-0.1, -0.05) is 68.4 Å². The number of fused-ring (bicyclic) bond motifs is 2. The van der Waals surface area contributed by atoms with Gasteiger partial charge in [-0.15, -0.1) is 0 Å². The fourth-order valence-electron chi connectivity index (χ4n) is 4.78. The molecule has 0 bridgehead atoms. The third kappa shape index (κ3) is 4.73. The van der Waals surface area contributed by atoms with Crippen molar-refractivity contribution in [3.8, 4) is 0 Å². The van der Waals surface area contributed by atoms with Crippen LogP contribution >= 0.6 is 0 Å². The van der Waals surface area contributed by atoms with E-state index in [4.69, 9.17) is 9.47 Å². The molecule has 2 heterocycles. The first-order valence-corrected chi connectivity index (χ1v) is 12.3. The Labute approximate surface area is 220 Å². The number of amides is 2. The third-order valence-electron chi connectivity index (χ3n) is 6.59. The molecule has 1 aliphatic heterocycles. The van der Waals surface area contributed by atoms with Gasteiger partial charge in [0.1, 0.15) is 6.61 Å². The lowest BCUT2D eigenvalue weighted by Gasteiger charge is -2.35. The maximum atomic E-state index is 13.4. The number of methoxy groups -OCH3 is 1. The van der Waals surface area contributed by atoms with Gasteiger partial charge in [0.25, 0.3) is 5.91 Å². The van der Waals surface area contributed by atoms with Crippen LogP contribution in [0.4, 0.5) is 10.7 Å². The first-order valence-electron chi connectivity index (χ1n) is 12.3. The van der Waals surface area contributed by atoms with E-state index in [1.165, 1.54) is 4.90 Å². The second-order valence-corrected chi connectivity index (χ2v) is 10.2. The molecule has 0 fully saturated rings. The van der Waals surface area contributed by atoms with E-state index in [0.717, 1.165) is 5.56 Å². The van der Waals surface area contributed by atoms with E-state index >= 15 is 0 Å². The lowest BCUT2D eigenvalue weighted by molar-refractivity contribution is -0.0542. The summed E-state index contributed by atoms with van der Waals surface area (Å²) in [5.74, 6) is -0.0432. The summed E-state index contributed by atoms with van der Waals surface area (Å²) < 4.78 is 10.5. The fourth-order valence-corrected chi connectivity index (χ4v) is 4.78. The summed E-state index contributed by atoms with van der Waals surface area (Å²) in [6.07, 6.45) is -0.642. The number of aromatic amines is 1. The Hall–Kier alpha value is -4.21. The Morgan fingerprint density at radius 1 is 1.08 bits per heavy atom. The predicted octanol–water partition coefficient (Wildman–Crippen LogP) is 4.63. The van der Waals surface area contributed by atoms with Crippen molar-refractivity contribution in [2.45, 2.75) is 26.1 Å². The highest BCUT2D eigenvalue weighted by Crippen LogP contribution is 2.43. The minimum Gasteiger partial charge on any atom is -0.449 e. The molecule has 0 aliphatic carbocycles. The molecule has 1 aliphatic rings. The van der Waals surface area contributed by atoms with Crippen LogP contribution in [0.15, 0.2) is 72.8 Å². The first-order chi connectivity index (χ1) is 18.2. The van der Waals surface area contributed by atoms with E-state index < -0.39 is 11.8 Å². The Balaban J connectivity index is 1.44. The van der Waals surface area contributed by atoms with Gasteiger partial charge < -0.3 is 19.6 Å². The van der Waals surface area contributed by atoms with Crippen molar-refractivity contribution in [2.24, 2.45) is 5.41 Å². The molecular weight excluding hydrogens is 484 g/mol. The van der Waals surface area contributed by atoms with Gasteiger partial charge in [0, 0.05) is 35.8 Å². The van der Waals surface area contributed by atoms with Gasteiger partial charge in [-0.3, -0.25) is 15.0 Å². The Morgan fingerprint density at radius 3 is 2.58 bits per heavy atom. The van der Waals surface area contributed by atoms with E-state index in [0.29, 0.717) is 34.3 Å². The van der Waals surface area contributed by atoms with Crippen LogP contribution in [-0.2, 0) is 21.7 Å². The number of nitrogens with one attached hydrogen (secondary N) is 2. The number of carbonyl (C=O) groups is 2. The minimum atomic E-state index is -1.70. The fraction of sp³-hybridized carbons (Fsp3) is 0.276. The molecule has 196 valence electrons. The number of rotatable bonds is 8. The van der Waals surface area contributed by atoms with Gasteiger partial charge in [-0.05, 0) is 23.8 Å². The van der Waals surface area contributed by atoms with Gasteiger partial charge in [-0.2, -0.15) is 0 Å². The summed E-state index contributed by atoms with van der Waals surface area (Å²) in [5, 5.41) is 14.8. The molecule has 4 aromatic rings. The molecule has 1 aromatic heterocycles. The van der Waals surface area contributed by atoms with Crippen LogP contribution in [0.25, 0.3) is 11.0 Å². The molecular formula is C29H30N4O5. The maximum absolute atomic E-state index is 13.4. The average Bonchev–Trinajstić information content (AvgIpc) is 3.40. The smallest absolute Gasteiger partial charge is 0.413 e. The van der Waals surface area contributed by atoms with Crippen molar-refractivity contribution in [2.75, 3.05) is 25.6 Å². The number of ether oxygens (including phenoxy) is 2. The summed E-state index contributed by atoms with van der Waals surface area (Å²) >= 11 is 0. The molecule has 1 unspecified atom stereocenters. The normalized spacial score (nSPS) is 17.1. The van der Waals surface area contributed by atoms with Gasteiger partial charge in [-0.25, -0.2) is 9.78 Å². The molecule has 0 radical (unpaired) electrons. The number of anilines is 1. The predicted molar refractivity (Wildman–Crippen MR) is 142 cm³/mol. The lowest BCUT2D eigenvalue weighted by Crippen LogP contribution is -2.44. The zero-order chi connectivity index (χ0) is 26.9. The van der Waals surface area contributed by atoms with E-state index in [1.54, 1.807) is 49.6 Å². The number of hydrogen-bond acceptors (Lipinski definition) is 6. The van der Waals surface area contributed by atoms with Crippen LogP contribution in [0.2, 0.25) is 0 Å². The summed E-state index contributed by atoms with van der Waals surface area (Å²) in [7, 11) is 1.60. The second kappa shape index (κ2) is 9.92. The zero-order valence-corrected chi connectivity index (χ0v) is 21.5. The molecule has 9 heteroatoms. The van der Waals surface area contributed by atoms with Crippen LogP contribution in [0.5, 0.6) is 0 Å². The third-order valence-corrected chi connectivity index (χ3v) is 6.59. The molecule has 2 amide bonds. The van der Waals surface area contributed by atoms with Crippen molar-refractivity contribution < 1.29 is 24.2 Å². The highest BCUT2D eigenvalue weighted by atomic mass is 16.6. The molecule has 3 aromatic carbocycles. The zero-order valence-electron chi connectivity index (χ0n) is 21.5. The van der Waals surface area contributed by atoms with Gasteiger partial charge in [0.05, 0.1) is 17.6 Å². The summed E-state index contributed by atoms with van der Waals surface area (Å²) in [6.45, 7) is 4.72. The lowest BCUT2D eigenvalue weighted by atomic mass is 9.93. The second-order valence-electron chi connectivity index (χ2n) is 10.2. The molecule has 0 spiro atoms. The highest BCUT2D eigenvalue weighted by molar-refractivity contribution is 6.00.